The van der Waals surface area contributed by atoms with Crippen molar-refractivity contribution in [3.8, 4) is 22.9 Å². The van der Waals surface area contributed by atoms with Gasteiger partial charge in [-0.2, -0.15) is 10.2 Å². The molecule has 1 aliphatic heterocycles. The summed E-state index contributed by atoms with van der Waals surface area (Å²) >= 11 is 0. The first-order chi connectivity index (χ1) is 22.1. The number of aryl methyl sites for hydroxylation is 2. The zero-order chi connectivity index (χ0) is 32.8. The van der Waals surface area contributed by atoms with Gasteiger partial charge in [-0.25, -0.2) is 9.67 Å². The lowest BCUT2D eigenvalue weighted by molar-refractivity contribution is -0.137. The zero-order valence-electron chi connectivity index (χ0n) is 26.8. The molecule has 242 valence electrons. The SMILES string of the molecule is COc1ccc2cc1OCCn1nc(-c3ccccc3)nc1[C@@H](C(C)C)NC(=O)CN(C(=O)Cn1nc(C)cc1C)CCNC2=O. The Morgan fingerprint density at radius 1 is 1.04 bits per heavy atom. The summed E-state index contributed by atoms with van der Waals surface area (Å²) in [5, 5.41) is 15.1. The van der Waals surface area contributed by atoms with E-state index in [4.69, 9.17) is 19.6 Å². The third-order valence-electron chi connectivity index (χ3n) is 7.72. The molecule has 2 N–H and O–H groups in total. The quantitative estimate of drug-likeness (QED) is 0.343. The number of nitrogens with one attached hydrogen (secondary N) is 2. The van der Waals surface area contributed by atoms with Gasteiger partial charge in [0, 0.05) is 29.9 Å². The van der Waals surface area contributed by atoms with Gasteiger partial charge >= 0.3 is 0 Å². The number of nitrogens with zero attached hydrogens (tertiary/aromatic N) is 6. The Morgan fingerprint density at radius 2 is 1.83 bits per heavy atom. The predicted octanol–water partition coefficient (Wildman–Crippen LogP) is 2.93. The minimum atomic E-state index is -0.515. The Hall–Kier alpha value is -5.20. The van der Waals surface area contributed by atoms with Crippen LogP contribution in [0.25, 0.3) is 11.4 Å². The molecule has 4 aromatic rings. The number of carbonyl (C=O) groups excluding carboxylic acids is 3. The summed E-state index contributed by atoms with van der Waals surface area (Å²) in [6.07, 6.45) is 0. The fourth-order valence-electron chi connectivity index (χ4n) is 5.31. The molecule has 1 atom stereocenters. The van der Waals surface area contributed by atoms with Crippen molar-refractivity contribution in [2.24, 2.45) is 5.92 Å². The number of aromatic nitrogens is 5. The number of hydrogen-bond acceptors (Lipinski definition) is 8. The number of fused-ring (bicyclic) bond motifs is 3. The molecule has 0 fully saturated rings. The average Bonchev–Trinajstić information content (AvgIpc) is 3.60. The van der Waals surface area contributed by atoms with Crippen LogP contribution in [-0.2, 0) is 22.7 Å². The first kappa shape index (κ1) is 32.2. The van der Waals surface area contributed by atoms with E-state index in [0.717, 1.165) is 17.0 Å². The average molecular weight is 629 g/mol. The van der Waals surface area contributed by atoms with E-state index in [1.165, 1.54) is 12.0 Å². The van der Waals surface area contributed by atoms with Gasteiger partial charge in [-0.3, -0.25) is 19.1 Å². The molecule has 5 rings (SSSR count). The van der Waals surface area contributed by atoms with Crippen LogP contribution < -0.4 is 20.1 Å². The Kier molecular flexibility index (Phi) is 9.99. The van der Waals surface area contributed by atoms with E-state index < -0.39 is 6.04 Å². The summed E-state index contributed by atoms with van der Waals surface area (Å²) in [5.41, 5.74) is 2.83. The highest BCUT2D eigenvalue weighted by atomic mass is 16.5. The van der Waals surface area contributed by atoms with Gasteiger partial charge in [-0.15, -0.1) is 0 Å². The third kappa shape index (κ3) is 7.53. The van der Waals surface area contributed by atoms with Crippen molar-refractivity contribution >= 4 is 17.7 Å². The van der Waals surface area contributed by atoms with E-state index >= 15 is 0 Å². The molecule has 0 unspecified atom stereocenters. The molecule has 0 aliphatic carbocycles. The van der Waals surface area contributed by atoms with E-state index in [0.29, 0.717) is 35.3 Å². The van der Waals surface area contributed by atoms with Crippen LogP contribution in [-0.4, -0.2) is 80.5 Å². The van der Waals surface area contributed by atoms with Gasteiger partial charge in [0.25, 0.3) is 5.91 Å². The Morgan fingerprint density at radius 3 is 2.52 bits per heavy atom. The normalized spacial score (nSPS) is 16.2. The summed E-state index contributed by atoms with van der Waals surface area (Å²) in [7, 11) is 1.53. The maximum atomic E-state index is 13.6. The molecule has 46 heavy (non-hydrogen) atoms. The van der Waals surface area contributed by atoms with Gasteiger partial charge in [0.2, 0.25) is 11.8 Å². The number of carbonyl (C=O) groups is 3. The van der Waals surface area contributed by atoms with Crippen molar-refractivity contribution in [3.63, 3.8) is 0 Å². The Labute approximate surface area is 267 Å². The number of benzene rings is 2. The number of hydrogen-bond donors (Lipinski definition) is 2. The highest BCUT2D eigenvalue weighted by Gasteiger charge is 2.28. The number of rotatable bonds is 5. The Bertz CT molecular complexity index is 1700. The van der Waals surface area contributed by atoms with E-state index in [1.54, 1.807) is 27.6 Å². The van der Waals surface area contributed by atoms with Crippen LogP contribution in [0.5, 0.6) is 11.5 Å². The molecule has 2 aromatic heterocycles. The third-order valence-corrected chi connectivity index (χ3v) is 7.72. The van der Waals surface area contributed by atoms with Crippen molar-refractivity contribution in [1.82, 2.24) is 40.1 Å². The Balaban J connectivity index is 1.50. The molecule has 0 saturated carbocycles. The maximum Gasteiger partial charge on any atom is 0.251 e. The molecular weight excluding hydrogens is 588 g/mol. The summed E-state index contributed by atoms with van der Waals surface area (Å²) in [6, 6.07) is 15.9. The van der Waals surface area contributed by atoms with Crippen LogP contribution in [0.4, 0.5) is 0 Å². The maximum absolute atomic E-state index is 13.6. The molecule has 3 heterocycles. The second kappa shape index (κ2) is 14.3. The standard InChI is InChI=1S/C33H40N8O5/c1-21(2)30-32-36-31(24-9-7-6-8-10-24)38-40(32)15-16-46-27-18-25(11-12-26(27)45-5)33(44)34-13-14-39(19-28(42)35-30)29(43)20-41-23(4)17-22(3)37-41/h6-12,17-18,21,30H,13-16,19-20H2,1-5H3,(H,34,44)(H,35,42)/t30-/m1/s1. The number of methoxy groups -OCH3 is 1. The monoisotopic (exact) mass is 628 g/mol. The van der Waals surface area contributed by atoms with E-state index in [2.05, 4.69) is 15.7 Å². The van der Waals surface area contributed by atoms with Gasteiger partial charge in [0.15, 0.2) is 23.1 Å². The van der Waals surface area contributed by atoms with Crippen LogP contribution in [0, 0.1) is 19.8 Å². The van der Waals surface area contributed by atoms with Gasteiger partial charge in [0.1, 0.15) is 13.2 Å². The van der Waals surface area contributed by atoms with Gasteiger partial charge < -0.3 is 25.0 Å². The summed E-state index contributed by atoms with van der Waals surface area (Å²) in [4.78, 5) is 46.6. The summed E-state index contributed by atoms with van der Waals surface area (Å²) in [5.74, 6) is 0.887. The highest BCUT2D eigenvalue weighted by molar-refractivity contribution is 5.95. The van der Waals surface area contributed by atoms with Crippen molar-refractivity contribution < 1.29 is 23.9 Å². The van der Waals surface area contributed by atoms with Crippen molar-refractivity contribution in [2.45, 2.75) is 46.8 Å². The first-order valence-corrected chi connectivity index (χ1v) is 15.3. The largest absolute Gasteiger partial charge is 0.493 e. The van der Waals surface area contributed by atoms with E-state index in [9.17, 15) is 14.4 Å². The smallest absolute Gasteiger partial charge is 0.251 e. The van der Waals surface area contributed by atoms with Gasteiger partial charge in [-0.05, 0) is 44.0 Å². The lowest BCUT2D eigenvalue weighted by Crippen LogP contribution is -2.47. The number of amides is 3. The number of ether oxygens (including phenoxy) is 2. The molecule has 0 saturated heterocycles. The van der Waals surface area contributed by atoms with Crippen molar-refractivity contribution in [2.75, 3.05) is 33.4 Å². The van der Waals surface area contributed by atoms with Gasteiger partial charge in [0.05, 0.1) is 31.9 Å². The lowest BCUT2D eigenvalue weighted by atomic mass is 10.0. The molecule has 3 amide bonds. The molecule has 1 aliphatic rings. The van der Waals surface area contributed by atoms with Gasteiger partial charge in [-0.1, -0.05) is 44.2 Å². The van der Waals surface area contributed by atoms with Crippen LogP contribution >= 0.6 is 0 Å². The minimum Gasteiger partial charge on any atom is -0.493 e. The van der Waals surface area contributed by atoms with Crippen molar-refractivity contribution in [3.05, 3.63) is 77.4 Å². The van der Waals surface area contributed by atoms with E-state index in [-0.39, 0.29) is 56.4 Å². The second-order valence-electron chi connectivity index (χ2n) is 11.5. The lowest BCUT2D eigenvalue weighted by Gasteiger charge is -2.26. The minimum absolute atomic E-state index is 0.0392. The zero-order valence-corrected chi connectivity index (χ0v) is 26.8. The van der Waals surface area contributed by atoms with E-state index in [1.807, 2.05) is 64.1 Å². The summed E-state index contributed by atoms with van der Waals surface area (Å²) in [6.45, 7) is 8.19. The molecule has 0 radical (unpaired) electrons. The summed E-state index contributed by atoms with van der Waals surface area (Å²) < 4.78 is 14.9. The highest BCUT2D eigenvalue weighted by Crippen LogP contribution is 2.29. The molecule has 2 bridgehead atoms. The fourth-order valence-corrected chi connectivity index (χ4v) is 5.31. The van der Waals surface area contributed by atoms with Crippen LogP contribution in [0.3, 0.4) is 0 Å². The predicted molar refractivity (Wildman–Crippen MR) is 170 cm³/mol. The first-order valence-electron chi connectivity index (χ1n) is 15.3. The molecule has 13 nitrogen and oxygen atoms in total. The van der Waals surface area contributed by atoms with Crippen LogP contribution in [0.2, 0.25) is 0 Å². The fraction of sp³-hybridized carbons (Fsp3) is 0.394. The molecule has 2 aromatic carbocycles. The second-order valence-corrected chi connectivity index (χ2v) is 11.5. The van der Waals surface area contributed by atoms with Crippen LogP contribution in [0.1, 0.15) is 47.5 Å². The van der Waals surface area contributed by atoms with Crippen LogP contribution in [0.15, 0.2) is 54.6 Å². The molecule has 0 spiro atoms. The van der Waals surface area contributed by atoms with Crippen molar-refractivity contribution in [1.29, 1.82) is 0 Å². The molecular formula is C33H40N8O5. The topological polar surface area (TPSA) is 146 Å². The molecule has 13 heteroatoms.